The molecule has 0 bridgehead atoms. The highest BCUT2D eigenvalue weighted by Gasteiger charge is 2.19. The predicted molar refractivity (Wildman–Crippen MR) is 97.3 cm³/mol. The molecule has 144 valence electrons. The van der Waals surface area contributed by atoms with E-state index in [1.54, 1.807) is 0 Å². The zero-order chi connectivity index (χ0) is 20.0. The fourth-order valence-electron chi connectivity index (χ4n) is 2.16. The van der Waals surface area contributed by atoms with E-state index in [4.69, 9.17) is 4.74 Å². The van der Waals surface area contributed by atoms with Crippen LogP contribution in [0.15, 0.2) is 47.4 Å². The van der Waals surface area contributed by atoms with Crippen molar-refractivity contribution >= 4 is 27.6 Å². The molecule has 0 aliphatic carbocycles. The number of nitrogens with one attached hydrogen (secondary N) is 1. The van der Waals surface area contributed by atoms with Gasteiger partial charge in [0, 0.05) is 6.07 Å². The third-order valence-corrected chi connectivity index (χ3v) is 4.85. The Kier molecular flexibility index (Phi) is 6.40. The molecule has 0 fully saturated rings. The van der Waals surface area contributed by atoms with Gasteiger partial charge in [0.05, 0.1) is 29.9 Å². The molecular formula is C18H19NO7S. The second-order valence-corrected chi connectivity index (χ2v) is 7.18. The van der Waals surface area contributed by atoms with E-state index in [0.29, 0.717) is 6.42 Å². The molecule has 8 nitrogen and oxygen atoms in total. The number of hydrogen-bond acceptors (Lipinski definition) is 7. The highest BCUT2D eigenvalue weighted by molar-refractivity contribution is 7.92. The Morgan fingerprint density at radius 3 is 2.48 bits per heavy atom. The quantitative estimate of drug-likeness (QED) is 0.694. The number of hydrogen-bond donors (Lipinski definition) is 2. The molecule has 0 amide bonds. The number of anilines is 1. The van der Waals surface area contributed by atoms with Crippen molar-refractivity contribution in [2.75, 3.05) is 18.4 Å². The zero-order valence-electron chi connectivity index (χ0n) is 14.8. The second kappa shape index (κ2) is 8.54. The van der Waals surface area contributed by atoms with Crippen molar-refractivity contribution in [1.29, 1.82) is 0 Å². The standard InChI is InChI=1S/C18H19NO7S/c1-3-9-26-17(21)12-5-4-6-14(10-12)27(23,24)19-13-7-8-15(16(20)11-13)18(22)25-2/h4-8,10-11,19-20H,3,9H2,1-2H3. The lowest BCUT2D eigenvalue weighted by Gasteiger charge is -2.11. The summed E-state index contributed by atoms with van der Waals surface area (Å²) in [6.45, 7) is 2.08. The summed E-state index contributed by atoms with van der Waals surface area (Å²) in [6.07, 6.45) is 0.649. The Bertz CT molecular complexity index is 954. The van der Waals surface area contributed by atoms with Crippen LogP contribution in [-0.2, 0) is 19.5 Å². The number of esters is 2. The van der Waals surface area contributed by atoms with Crippen LogP contribution in [0.2, 0.25) is 0 Å². The molecule has 2 N–H and O–H groups in total. The van der Waals surface area contributed by atoms with Gasteiger partial charge in [-0.05, 0) is 36.8 Å². The molecular weight excluding hydrogens is 374 g/mol. The van der Waals surface area contributed by atoms with E-state index >= 15 is 0 Å². The first-order valence-electron chi connectivity index (χ1n) is 8.00. The summed E-state index contributed by atoms with van der Waals surface area (Å²) in [6, 6.07) is 9.02. The Labute approximate surface area is 156 Å². The third kappa shape index (κ3) is 4.98. The minimum absolute atomic E-state index is 0.0408. The fraction of sp³-hybridized carbons (Fsp3) is 0.222. The molecule has 2 aromatic rings. The number of sulfonamides is 1. The highest BCUT2D eigenvalue weighted by Crippen LogP contribution is 2.25. The van der Waals surface area contributed by atoms with Gasteiger partial charge in [0.15, 0.2) is 0 Å². The molecule has 27 heavy (non-hydrogen) atoms. The largest absolute Gasteiger partial charge is 0.507 e. The third-order valence-electron chi connectivity index (χ3n) is 3.47. The molecule has 0 radical (unpaired) electrons. The second-order valence-electron chi connectivity index (χ2n) is 5.49. The normalized spacial score (nSPS) is 10.9. The lowest BCUT2D eigenvalue weighted by Crippen LogP contribution is -2.14. The van der Waals surface area contributed by atoms with Gasteiger partial charge in [-0.15, -0.1) is 0 Å². The monoisotopic (exact) mass is 393 g/mol. The van der Waals surface area contributed by atoms with Gasteiger partial charge in [-0.2, -0.15) is 0 Å². The Hall–Kier alpha value is -3.07. The maximum atomic E-state index is 12.5. The van der Waals surface area contributed by atoms with Crippen molar-refractivity contribution in [2.24, 2.45) is 0 Å². The first-order valence-corrected chi connectivity index (χ1v) is 9.48. The number of ether oxygens (including phenoxy) is 2. The molecule has 2 aromatic carbocycles. The Morgan fingerprint density at radius 1 is 1.11 bits per heavy atom. The summed E-state index contributed by atoms with van der Waals surface area (Å²) in [5.74, 6) is -1.80. The Balaban J connectivity index is 2.25. The van der Waals surface area contributed by atoms with Gasteiger partial charge in [0.2, 0.25) is 0 Å². The predicted octanol–water partition coefficient (Wildman–Crippen LogP) is 2.55. The van der Waals surface area contributed by atoms with Gasteiger partial charge in [0.1, 0.15) is 11.3 Å². The highest BCUT2D eigenvalue weighted by atomic mass is 32.2. The lowest BCUT2D eigenvalue weighted by atomic mass is 10.2. The molecule has 2 rings (SSSR count). The average Bonchev–Trinajstić information content (AvgIpc) is 2.65. The molecule has 0 spiro atoms. The summed E-state index contributed by atoms with van der Waals surface area (Å²) in [7, 11) is -2.87. The summed E-state index contributed by atoms with van der Waals surface area (Å²) in [5.41, 5.74) is 0.0513. The Morgan fingerprint density at radius 2 is 1.85 bits per heavy atom. The number of phenolic OH excluding ortho intramolecular Hbond substituents is 1. The summed E-state index contributed by atoms with van der Waals surface area (Å²) >= 11 is 0. The van der Waals surface area contributed by atoms with E-state index in [-0.39, 0.29) is 28.3 Å². The first-order chi connectivity index (χ1) is 12.8. The molecule has 0 unspecified atom stereocenters. The number of carbonyl (C=O) groups is 2. The van der Waals surface area contributed by atoms with E-state index in [2.05, 4.69) is 9.46 Å². The summed E-state index contributed by atoms with van der Waals surface area (Å²) in [4.78, 5) is 23.2. The molecule has 9 heteroatoms. The van der Waals surface area contributed by atoms with Crippen molar-refractivity contribution in [3.63, 3.8) is 0 Å². The molecule has 0 aliphatic rings. The van der Waals surface area contributed by atoms with Gasteiger partial charge in [-0.3, -0.25) is 4.72 Å². The van der Waals surface area contributed by atoms with Crippen molar-refractivity contribution in [1.82, 2.24) is 0 Å². The average molecular weight is 393 g/mol. The minimum atomic E-state index is -4.03. The van der Waals surface area contributed by atoms with Crippen LogP contribution < -0.4 is 4.72 Å². The first kappa shape index (κ1) is 20.2. The van der Waals surface area contributed by atoms with Crippen molar-refractivity contribution in [3.05, 3.63) is 53.6 Å². The van der Waals surface area contributed by atoms with Gasteiger partial charge in [0.25, 0.3) is 10.0 Å². The van der Waals surface area contributed by atoms with Crippen LogP contribution in [0.5, 0.6) is 5.75 Å². The maximum Gasteiger partial charge on any atom is 0.341 e. The minimum Gasteiger partial charge on any atom is -0.507 e. The van der Waals surface area contributed by atoms with Crippen molar-refractivity contribution < 1.29 is 32.6 Å². The van der Waals surface area contributed by atoms with E-state index in [0.717, 1.165) is 13.2 Å². The van der Waals surface area contributed by atoms with E-state index in [1.165, 1.54) is 36.4 Å². The molecule has 0 saturated heterocycles. The number of rotatable bonds is 7. The molecule has 0 aromatic heterocycles. The zero-order valence-corrected chi connectivity index (χ0v) is 15.6. The van der Waals surface area contributed by atoms with Gasteiger partial charge in [-0.25, -0.2) is 18.0 Å². The van der Waals surface area contributed by atoms with Crippen molar-refractivity contribution in [3.8, 4) is 5.75 Å². The van der Waals surface area contributed by atoms with Gasteiger partial charge in [-0.1, -0.05) is 13.0 Å². The van der Waals surface area contributed by atoms with E-state index in [1.807, 2.05) is 6.92 Å². The van der Waals surface area contributed by atoms with Crippen LogP contribution in [0.4, 0.5) is 5.69 Å². The van der Waals surface area contributed by atoms with Crippen LogP contribution >= 0.6 is 0 Å². The number of phenols is 1. The van der Waals surface area contributed by atoms with Crippen LogP contribution in [0, 0.1) is 0 Å². The fourth-order valence-corrected chi connectivity index (χ4v) is 3.26. The van der Waals surface area contributed by atoms with Gasteiger partial charge < -0.3 is 14.6 Å². The number of benzene rings is 2. The van der Waals surface area contributed by atoms with E-state index < -0.39 is 27.7 Å². The van der Waals surface area contributed by atoms with Gasteiger partial charge >= 0.3 is 11.9 Å². The van der Waals surface area contributed by atoms with Crippen molar-refractivity contribution in [2.45, 2.75) is 18.2 Å². The lowest BCUT2D eigenvalue weighted by molar-refractivity contribution is 0.0504. The summed E-state index contributed by atoms with van der Waals surface area (Å²) in [5, 5.41) is 9.86. The topological polar surface area (TPSA) is 119 Å². The SMILES string of the molecule is CCCOC(=O)c1cccc(S(=O)(=O)Nc2ccc(C(=O)OC)c(O)c2)c1. The van der Waals surface area contributed by atoms with Crippen LogP contribution in [-0.4, -0.2) is 39.2 Å². The smallest absolute Gasteiger partial charge is 0.341 e. The molecule has 0 atom stereocenters. The van der Waals surface area contributed by atoms with Crippen LogP contribution in [0.25, 0.3) is 0 Å². The maximum absolute atomic E-state index is 12.5. The van der Waals surface area contributed by atoms with Crippen LogP contribution in [0.1, 0.15) is 34.1 Å². The molecule has 0 heterocycles. The summed E-state index contributed by atoms with van der Waals surface area (Å²) < 4.78 is 36.9. The number of carbonyl (C=O) groups excluding carboxylic acids is 2. The molecule has 0 saturated carbocycles. The van der Waals surface area contributed by atoms with E-state index in [9.17, 15) is 23.1 Å². The molecule has 0 aliphatic heterocycles. The number of methoxy groups -OCH3 is 1. The van der Waals surface area contributed by atoms with Crippen LogP contribution in [0.3, 0.4) is 0 Å². The number of aromatic hydroxyl groups is 1.